The molecule has 0 aliphatic rings. The van der Waals surface area contributed by atoms with E-state index >= 15 is 0 Å². The smallest absolute Gasteiger partial charge is 0.417 e. The van der Waals surface area contributed by atoms with Crippen LogP contribution in [0.2, 0.25) is 0 Å². The van der Waals surface area contributed by atoms with Crippen molar-refractivity contribution in [1.29, 1.82) is 0 Å². The Bertz CT molecular complexity index is 1280. The number of nitrogens with two attached hydrogens (primary N) is 1. The Kier molecular flexibility index (Phi) is 6.85. The topological polar surface area (TPSA) is 95.2 Å². The molecule has 0 aliphatic heterocycles. The summed E-state index contributed by atoms with van der Waals surface area (Å²) in [5.74, 6) is -1.07. The summed E-state index contributed by atoms with van der Waals surface area (Å²) in [6.07, 6.45) is -4.68. The SMILES string of the molecule is C=C(C)OC(=O)Cc1ccc(-c2ccc(-c3nc(C(N)=O)c(C)nc3C)c(C(F)(F)F)c2)cc1. The molecular weight excluding hydrogens is 447 g/mol. The predicted octanol–water partition coefficient (Wildman–Crippen LogP) is 5.16. The molecule has 0 unspecified atom stereocenters. The van der Waals surface area contributed by atoms with Gasteiger partial charge in [0.05, 0.1) is 34.8 Å². The summed E-state index contributed by atoms with van der Waals surface area (Å²) in [5.41, 5.74) is 5.91. The molecule has 1 aromatic heterocycles. The zero-order valence-corrected chi connectivity index (χ0v) is 18.8. The van der Waals surface area contributed by atoms with Gasteiger partial charge in [-0.25, -0.2) is 4.98 Å². The van der Waals surface area contributed by atoms with E-state index in [0.29, 0.717) is 16.7 Å². The molecule has 0 radical (unpaired) electrons. The van der Waals surface area contributed by atoms with E-state index in [1.165, 1.54) is 26.0 Å². The molecule has 0 atom stereocenters. The van der Waals surface area contributed by atoms with E-state index < -0.39 is 23.6 Å². The highest BCUT2D eigenvalue weighted by Gasteiger charge is 2.35. The molecule has 176 valence electrons. The average Bonchev–Trinajstić information content (AvgIpc) is 2.72. The Hall–Kier alpha value is -4.01. The van der Waals surface area contributed by atoms with Gasteiger partial charge in [0, 0.05) is 5.56 Å². The van der Waals surface area contributed by atoms with E-state index in [1.807, 2.05) is 0 Å². The number of alkyl halides is 3. The molecule has 6 nitrogen and oxygen atoms in total. The molecule has 0 aliphatic carbocycles. The lowest BCUT2D eigenvalue weighted by molar-refractivity contribution is -0.138. The Morgan fingerprint density at radius 2 is 1.62 bits per heavy atom. The van der Waals surface area contributed by atoms with Gasteiger partial charge in [-0.05, 0) is 43.5 Å². The van der Waals surface area contributed by atoms with Gasteiger partial charge >= 0.3 is 12.1 Å². The third-order valence-electron chi connectivity index (χ3n) is 4.98. The number of primary amides is 1. The number of esters is 1. The normalized spacial score (nSPS) is 11.2. The molecule has 0 spiro atoms. The number of hydrogen-bond donors (Lipinski definition) is 1. The van der Waals surface area contributed by atoms with Crippen molar-refractivity contribution in [1.82, 2.24) is 9.97 Å². The van der Waals surface area contributed by atoms with Crippen molar-refractivity contribution in [3.63, 3.8) is 0 Å². The van der Waals surface area contributed by atoms with Crippen LogP contribution in [0.15, 0.2) is 54.8 Å². The quantitative estimate of drug-likeness (QED) is 0.397. The van der Waals surface area contributed by atoms with Gasteiger partial charge in [0.25, 0.3) is 5.91 Å². The Morgan fingerprint density at radius 3 is 2.18 bits per heavy atom. The lowest BCUT2D eigenvalue weighted by atomic mass is 9.95. The fourth-order valence-corrected chi connectivity index (χ4v) is 3.50. The fourth-order valence-electron chi connectivity index (χ4n) is 3.50. The van der Waals surface area contributed by atoms with Crippen LogP contribution in [-0.4, -0.2) is 21.8 Å². The summed E-state index contributed by atoms with van der Waals surface area (Å²) < 4.78 is 47.0. The van der Waals surface area contributed by atoms with Gasteiger partial charge in [-0.15, -0.1) is 0 Å². The fraction of sp³-hybridized carbons (Fsp3) is 0.200. The summed E-state index contributed by atoms with van der Waals surface area (Å²) in [5, 5.41) is 0. The summed E-state index contributed by atoms with van der Waals surface area (Å²) in [4.78, 5) is 31.7. The van der Waals surface area contributed by atoms with E-state index in [9.17, 15) is 22.8 Å². The standard InChI is InChI=1S/C25H22F3N3O3/c1-13(2)34-21(32)11-16-5-7-17(8-6-16)18-9-10-19(20(12-18)25(26,27)28)22-14(3)30-15(4)23(31-22)24(29)33/h5-10,12H,1,11H2,2-4H3,(H2,29,33). The second-order valence-corrected chi connectivity index (χ2v) is 7.76. The van der Waals surface area contributed by atoms with Crippen molar-refractivity contribution >= 4 is 11.9 Å². The molecule has 3 rings (SSSR count). The molecular formula is C25H22F3N3O3. The van der Waals surface area contributed by atoms with Gasteiger partial charge in [0.2, 0.25) is 0 Å². The molecule has 0 bridgehead atoms. The largest absolute Gasteiger partial charge is 0.432 e. The second kappa shape index (κ2) is 9.46. The van der Waals surface area contributed by atoms with E-state index in [4.69, 9.17) is 10.5 Å². The number of benzene rings is 2. The number of halogens is 3. The average molecular weight is 469 g/mol. The Labute approximate surface area is 194 Å². The molecule has 2 aromatic carbocycles. The lowest BCUT2D eigenvalue weighted by Crippen LogP contribution is -2.18. The molecule has 0 saturated carbocycles. The number of allylic oxidation sites excluding steroid dienone is 1. The number of carbonyl (C=O) groups excluding carboxylic acids is 2. The van der Waals surface area contributed by atoms with E-state index in [0.717, 1.165) is 6.07 Å². The van der Waals surface area contributed by atoms with Crippen molar-refractivity contribution < 1.29 is 27.5 Å². The van der Waals surface area contributed by atoms with E-state index in [1.54, 1.807) is 31.2 Å². The van der Waals surface area contributed by atoms with E-state index in [-0.39, 0.29) is 40.5 Å². The van der Waals surface area contributed by atoms with Gasteiger partial charge in [-0.1, -0.05) is 43.0 Å². The van der Waals surface area contributed by atoms with Crippen molar-refractivity contribution in [2.45, 2.75) is 33.4 Å². The maximum Gasteiger partial charge on any atom is 0.417 e. The monoisotopic (exact) mass is 469 g/mol. The van der Waals surface area contributed by atoms with Crippen LogP contribution < -0.4 is 5.73 Å². The minimum absolute atomic E-state index is 0.00739. The van der Waals surface area contributed by atoms with Crippen LogP contribution in [0.25, 0.3) is 22.4 Å². The number of rotatable bonds is 6. The van der Waals surface area contributed by atoms with Crippen LogP contribution in [0.4, 0.5) is 13.2 Å². The van der Waals surface area contributed by atoms with Gasteiger partial charge in [-0.3, -0.25) is 14.6 Å². The highest BCUT2D eigenvalue weighted by atomic mass is 19.4. The number of amides is 1. The van der Waals surface area contributed by atoms with Gasteiger partial charge < -0.3 is 10.5 Å². The first-order chi connectivity index (χ1) is 15.9. The third-order valence-corrected chi connectivity index (χ3v) is 4.98. The first-order valence-corrected chi connectivity index (χ1v) is 10.2. The van der Waals surface area contributed by atoms with Gasteiger partial charge in [0.15, 0.2) is 0 Å². The van der Waals surface area contributed by atoms with Crippen molar-refractivity contribution in [3.05, 3.63) is 83.0 Å². The summed E-state index contributed by atoms with van der Waals surface area (Å²) >= 11 is 0. The molecule has 1 amide bonds. The number of ether oxygens (including phenoxy) is 1. The lowest BCUT2D eigenvalue weighted by Gasteiger charge is -2.16. The van der Waals surface area contributed by atoms with Crippen LogP contribution in [0.5, 0.6) is 0 Å². The van der Waals surface area contributed by atoms with Crippen LogP contribution >= 0.6 is 0 Å². The molecule has 34 heavy (non-hydrogen) atoms. The zero-order chi connectivity index (χ0) is 25.2. The van der Waals surface area contributed by atoms with Crippen LogP contribution in [-0.2, 0) is 22.1 Å². The second-order valence-electron chi connectivity index (χ2n) is 7.76. The minimum Gasteiger partial charge on any atom is -0.432 e. The molecule has 9 heteroatoms. The molecule has 0 saturated heterocycles. The molecule has 0 fully saturated rings. The van der Waals surface area contributed by atoms with Crippen molar-refractivity contribution in [2.24, 2.45) is 5.73 Å². The highest BCUT2D eigenvalue weighted by Crippen LogP contribution is 2.39. The first kappa shape index (κ1) is 24.6. The first-order valence-electron chi connectivity index (χ1n) is 10.2. The molecule has 1 heterocycles. The Balaban J connectivity index is 2.03. The van der Waals surface area contributed by atoms with Crippen molar-refractivity contribution in [3.8, 4) is 22.4 Å². The number of carbonyl (C=O) groups is 2. The number of nitrogens with zero attached hydrogens (tertiary/aromatic N) is 2. The zero-order valence-electron chi connectivity index (χ0n) is 18.8. The summed E-state index contributed by atoms with van der Waals surface area (Å²) in [6, 6.07) is 10.4. The number of hydrogen-bond acceptors (Lipinski definition) is 5. The summed E-state index contributed by atoms with van der Waals surface area (Å²) in [6.45, 7) is 8.09. The third kappa shape index (κ3) is 5.48. The maximum atomic E-state index is 14.0. The van der Waals surface area contributed by atoms with Crippen molar-refractivity contribution in [2.75, 3.05) is 0 Å². The number of aromatic nitrogens is 2. The summed E-state index contributed by atoms with van der Waals surface area (Å²) in [7, 11) is 0. The molecule has 3 aromatic rings. The minimum atomic E-state index is -4.69. The maximum absolute atomic E-state index is 14.0. The number of aryl methyl sites for hydroxylation is 2. The van der Waals surface area contributed by atoms with E-state index in [2.05, 4.69) is 16.5 Å². The van der Waals surface area contributed by atoms with Crippen LogP contribution in [0.1, 0.15) is 39.9 Å². The van der Waals surface area contributed by atoms with Gasteiger partial charge in [-0.2, -0.15) is 13.2 Å². The van der Waals surface area contributed by atoms with Crippen LogP contribution in [0.3, 0.4) is 0 Å². The molecule has 2 N–H and O–H groups in total. The Morgan fingerprint density at radius 1 is 1.00 bits per heavy atom. The van der Waals surface area contributed by atoms with Gasteiger partial charge in [0.1, 0.15) is 5.69 Å². The predicted molar refractivity (Wildman–Crippen MR) is 121 cm³/mol. The van der Waals surface area contributed by atoms with Crippen LogP contribution in [0, 0.1) is 13.8 Å². The highest BCUT2D eigenvalue weighted by molar-refractivity contribution is 5.92.